The SMILES string of the molecule is CCN(CC)C(=O)N1CCC(C(=O)Nc2ccc(-n3ccnc3)nc2)CC1. The van der Waals surface area contributed by atoms with Gasteiger partial charge in [0.15, 0.2) is 0 Å². The van der Waals surface area contributed by atoms with E-state index >= 15 is 0 Å². The molecule has 8 nitrogen and oxygen atoms in total. The predicted octanol–water partition coefficient (Wildman–Crippen LogP) is 2.38. The van der Waals surface area contributed by atoms with Gasteiger partial charge < -0.3 is 15.1 Å². The monoisotopic (exact) mass is 370 g/mol. The highest BCUT2D eigenvalue weighted by atomic mass is 16.2. The molecular weight excluding hydrogens is 344 g/mol. The maximum Gasteiger partial charge on any atom is 0.319 e. The minimum absolute atomic E-state index is 0.0119. The zero-order chi connectivity index (χ0) is 19.2. The summed E-state index contributed by atoms with van der Waals surface area (Å²) >= 11 is 0. The molecule has 2 aromatic rings. The van der Waals surface area contributed by atoms with Crippen molar-refractivity contribution in [3.05, 3.63) is 37.1 Å². The Labute approximate surface area is 159 Å². The second kappa shape index (κ2) is 8.66. The van der Waals surface area contributed by atoms with Crippen LogP contribution in [0.1, 0.15) is 26.7 Å². The van der Waals surface area contributed by atoms with Gasteiger partial charge in [-0.05, 0) is 38.8 Å². The molecule has 3 heterocycles. The predicted molar refractivity (Wildman–Crippen MR) is 103 cm³/mol. The van der Waals surface area contributed by atoms with Gasteiger partial charge in [0, 0.05) is 44.5 Å². The van der Waals surface area contributed by atoms with Crippen LogP contribution in [0.4, 0.5) is 10.5 Å². The van der Waals surface area contributed by atoms with Gasteiger partial charge in [0.25, 0.3) is 0 Å². The second-order valence-corrected chi connectivity index (χ2v) is 6.58. The lowest BCUT2D eigenvalue weighted by atomic mass is 9.96. The topological polar surface area (TPSA) is 83.4 Å². The molecule has 3 rings (SSSR count). The number of carbonyl (C=O) groups excluding carboxylic acids is 2. The third kappa shape index (κ3) is 4.45. The minimum Gasteiger partial charge on any atom is -0.325 e. The largest absolute Gasteiger partial charge is 0.325 e. The van der Waals surface area contributed by atoms with Gasteiger partial charge in [-0.3, -0.25) is 9.36 Å². The molecule has 3 amide bonds. The lowest BCUT2D eigenvalue weighted by Crippen LogP contribution is -2.47. The number of hydrogen-bond donors (Lipinski definition) is 1. The van der Waals surface area contributed by atoms with Crippen molar-refractivity contribution in [3.8, 4) is 5.82 Å². The number of nitrogens with one attached hydrogen (secondary N) is 1. The van der Waals surface area contributed by atoms with Crippen molar-refractivity contribution in [2.45, 2.75) is 26.7 Å². The van der Waals surface area contributed by atoms with E-state index in [1.807, 2.05) is 42.0 Å². The molecule has 1 aliphatic heterocycles. The molecule has 8 heteroatoms. The van der Waals surface area contributed by atoms with Crippen LogP contribution in [0, 0.1) is 5.92 Å². The fourth-order valence-corrected chi connectivity index (χ4v) is 3.28. The molecule has 0 spiro atoms. The number of carbonyl (C=O) groups is 2. The summed E-state index contributed by atoms with van der Waals surface area (Å²) in [6, 6.07) is 3.74. The van der Waals surface area contributed by atoms with E-state index in [2.05, 4.69) is 15.3 Å². The van der Waals surface area contributed by atoms with Gasteiger partial charge in [0.2, 0.25) is 5.91 Å². The summed E-state index contributed by atoms with van der Waals surface area (Å²) < 4.78 is 1.80. The third-order valence-corrected chi connectivity index (χ3v) is 4.95. The van der Waals surface area contributed by atoms with Crippen LogP contribution in [0.2, 0.25) is 0 Å². The van der Waals surface area contributed by atoms with E-state index < -0.39 is 0 Å². The number of piperidine rings is 1. The Morgan fingerprint density at radius 2 is 1.96 bits per heavy atom. The Morgan fingerprint density at radius 3 is 2.52 bits per heavy atom. The lowest BCUT2D eigenvalue weighted by Gasteiger charge is -2.34. The number of hydrogen-bond acceptors (Lipinski definition) is 4. The normalized spacial score (nSPS) is 14.8. The number of urea groups is 1. The van der Waals surface area contributed by atoms with Crippen LogP contribution in [0.25, 0.3) is 5.82 Å². The van der Waals surface area contributed by atoms with Crippen molar-refractivity contribution in [2.75, 3.05) is 31.5 Å². The molecule has 0 atom stereocenters. The van der Waals surface area contributed by atoms with Crippen LogP contribution in [-0.4, -0.2) is 62.5 Å². The summed E-state index contributed by atoms with van der Waals surface area (Å²) in [7, 11) is 0. The smallest absolute Gasteiger partial charge is 0.319 e. The first-order valence-corrected chi connectivity index (χ1v) is 9.41. The zero-order valence-electron chi connectivity index (χ0n) is 15.8. The van der Waals surface area contributed by atoms with Crippen LogP contribution >= 0.6 is 0 Å². The molecule has 1 N–H and O–H groups in total. The number of rotatable bonds is 5. The first kappa shape index (κ1) is 18.9. The highest BCUT2D eigenvalue weighted by Crippen LogP contribution is 2.20. The average Bonchev–Trinajstić information content (AvgIpc) is 3.24. The number of pyridine rings is 1. The molecule has 0 unspecified atom stereocenters. The molecule has 0 aliphatic carbocycles. The van der Waals surface area contributed by atoms with Gasteiger partial charge in [0.1, 0.15) is 12.1 Å². The Kier molecular flexibility index (Phi) is 6.05. The summed E-state index contributed by atoms with van der Waals surface area (Å²) in [6.45, 7) is 6.60. The molecule has 1 fully saturated rings. The highest BCUT2D eigenvalue weighted by molar-refractivity contribution is 5.92. The number of likely N-dealkylation sites (tertiary alicyclic amines) is 1. The van der Waals surface area contributed by atoms with Crippen LogP contribution in [0.15, 0.2) is 37.1 Å². The molecular formula is C19H26N6O2. The Bertz CT molecular complexity index is 747. The van der Waals surface area contributed by atoms with E-state index in [1.54, 1.807) is 23.3 Å². The van der Waals surface area contributed by atoms with E-state index in [0.717, 1.165) is 5.82 Å². The fraction of sp³-hybridized carbons (Fsp3) is 0.474. The number of imidazole rings is 1. The van der Waals surface area contributed by atoms with Crippen molar-refractivity contribution in [1.29, 1.82) is 0 Å². The molecule has 0 saturated carbocycles. The number of nitrogens with zero attached hydrogens (tertiary/aromatic N) is 5. The molecule has 2 aromatic heterocycles. The molecule has 0 aromatic carbocycles. The van der Waals surface area contributed by atoms with Crippen molar-refractivity contribution in [1.82, 2.24) is 24.3 Å². The molecule has 0 bridgehead atoms. The van der Waals surface area contributed by atoms with Crippen molar-refractivity contribution < 1.29 is 9.59 Å². The quantitative estimate of drug-likeness (QED) is 0.876. The van der Waals surface area contributed by atoms with Crippen molar-refractivity contribution in [3.63, 3.8) is 0 Å². The minimum atomic E-state index is -0.0842. The Hall–Kier alpha value is -2.90. The molecule has 27 heavy (non-hydrogen) atoms. The van der Waals surface area contributed by atoms with Gasteiger partial charge in [0.05, 0.1) is 11.9 Å². The fourth-order valence-electron chi connectivity index (χ4n) is 3.28. The van der Waals surface area contributed by atoms with E-state index in [0.29, 0.717) is 44.7 Å². The van der Waals surface area contributed by atoms with Gasteiger partial charge >= 0.3 is 6.03 Å². The first-order valence-electron chi connectivity index (χ1n) is 9.41. The highest BCUT2D eigenvalue weighted by Gasteiger charge is 2.28. The van der Waals surface area contributed by atoms with Crippen LogP contribution in [-0.2, 0) is 4.79 Å². The zero-order valence-corrected chi connectivity index (χ0v) is 15.8. The molecule has 0 radical (unpaired) electrons. The summed E-state index contributed by atoms with van der Waals surface area (Å²) in [5.41, 5.74) is 0.672. The number of amides is 3. The molecule has 1 saturated heterocycles. The summed E-state index contributed by atoms with van der Waals surface area (Å²) in [4.78, 5) is 36.9. The van der Waals surface area contributed by atoms with Crippen molar-refractivity contribution >= 4 is 17.6 Å². The van der Waals surface area contributed by atoms with Crippen LogP contribution in [0.3, 0.4) is 0 Å². The number of aromatic nitrogens is 3. The third-order valence-electron chi connectivity index (χ3n) is 4.95. The standard InChI is InChI=1S/C19H26N6O2/c1-3-23(4-2)19(27)24-10-7-15(8-11-24)18(26)22-16-5-6-17(21-13-16)25-12-9-20-14-25/h5-6,9,12-15H,3-4,7-8,10-11H2,1-2H3,(H,22,26). The van der Waals surface area contributed by atoms with E-state index in [-0.39, 0.29) is 17.9 Å². The van der Waals surface area contributed by atoms with Gasteiger partial charge in [-0.2, -0.15) is 0 Å². The molecule has 144 valence electrons. The van der Waals surface area contributed by atoms with Gasteiger partial charge in [-0.25, -0.2) is 14.8 Å². The van der Waals surface area contributed by atoms with Crippen LogP contribution < -0.4 is 5.32 Å². The van der Waals surface area contributed by atoms with Crippen molar-refractivity contribution in [2.24, 2.45) is 5.92 Å². The maximum absolute atomic E-state index is 12.5. The van der Waals surface area contributed by atoms with E-state index in [1.165, 1.54) is 0 Å². The van der Waals surface area contributed by atoms with E-state index in [4.69, 9.17) is 0 Å². The van der Waals surface area contributed by atoms with E-state index in [9.17, 15) is 9.59 Å². The maximum atomic E-state index is 12.5. The summed E-state index contributed by atoms with van der Waals surface area (Å²) in [5.74, 6) is 0.648. The Balaban J connectivity index is 1.52. The molecule has 1 aliphatic rings. The summed E-state index contributed by atoms with van der Waals surface area (Å²) in [6.07, 6.45) is 8.18. The number of anilines is 1. The summed E-state index contributed by atoms with van der Waals surface area (Å²) in [5, 5.41) is 2.93. The van der Waals surface area contributed by atoms with Crippen LogP contribution in [0.5, 0.6) is 0 Å². The Morgan fingerprint density at radius 1 is 1.22 bits per heavy atom. The first-order chi connectivity index (χ1) is 13.1. The van der Waals surface area contributed by atoms with Gasteiger partial charge in [-0.1, -0.05) is 0 Å². The average molecular weight is 370 g/mol. The lowest BCUT2D eigenvalue weighted by molar-refractivity contribution is -0.121. The van der Waals surface area contributed by atoms with Gasteiger partial charge in [-0.15, -0.1) is 0 Å². The second-order valence-electron chi connectivity index (χ2n) is 6.58.